The molecule has 2 rings (SSSR count). The maximum atomic E-state index is 5.28. The first-order valence-electron chi connectivity index (χ1n) is 4.67. The van der Waals surface area contributed by atoms with Crippen LogP contribution in [0.15, 0.2) is 6.07 Å². The largest absolute Gasteiger partial charge is 0.366 e. The van der Waals surface area contributed by atoms with Crippen molar-refractivity contribution < 1.29 is 4.74 Å². The first-order chi connectivity index (χ1) is 5.98. The van der Waals surface area contributed by atoms with Gasteiger partial charge in [0.05, 0.1) is 23.5 Å². The van der Waals surface area contributed by atoms with E-state index < -0.39 is 0 Å². The molecular weight excluding hydrogens is 164 g/mol. The number of aromatic nitrogens is 2. The van der Waals surface area contributed by atoms with Gasteiger partial charge in [-0.05, 0) is 33.8 Å². The van der Waals surface area contributed by atoms with Crippen molar-refractivity contribution in [3.63, 3.8) is 0 Å². The molecule has 1 aliphatic rings. The molecule has 3 nitrogen and oxygen atoms in total. The third kappa shape index (κ3) is 1.61. The summed E-state index contributed by atoms with van der Waals surface area (Å²) in [5.74, 6) is 0. The van der Waals surface area contributed by atoms with Crippen molar-refractivity contribution in [3.8, 4) is 0 Å². The molecule has 0 N–H and O–H groups in total. The number of hydrogen-bond acceptors (Lipinski definition) is 2. The molecule has 0 bridgehead atoms. The smallest absolute Gasteiger partial charge is 0.123 e. The standard InChI is InChI=1S/C10H16N2O/c1-7-5-8(9-6-13-9)12(11-7)10(2,3)4/h5,9H,6H2,1-4H3/t9-/m0/s1. The van der Waals surface area contributed by atoms with Crippen molar-refractivity contribution in [3.05, 3.63) is 17.5 Å². The highest BCUT2D eigenvalue weighted by Gasteiger charge is 2.32. The highest BCUT2D eigenvalue weighted by Crippen LogP contribution is 2.32. The lowest BCUT2D eigenvalue weighted by atomic mass is 10.1. The Morgan fingerprint density at radius 3 is 2.62 bits per heavy atom. The first kappa shape index (κ1) is 8.75. The molecule has 13 heavy (non-hydrogen) atoms. The normalized spacial score (nSPS) is 22.0. The Morgan fingerprint density at radius 1 is 1.54 bits per heavy atom. The zero-order valence-electron chi connectivity index (χ0n) is 8.66. The molecule has 1 fully saturated rings. The molecule has 0 unspecified atom stereocenters. The summed E-state index contributed by atoms with van der Waals surface area (Å²) in [4.78, 5) is 0. The highest BCUT2D eigenvalue weighted by molar-refractivity contribution is 5.16. The fourth-order valence-electron chi connectivity index (χ4n) is 1.51. The van der Waals surface area contributed by atoms with Crippen LogP contribution in [0.4, 0.5) is 0 Å². The molecule has 1 atom stereocenters. The fraction of sp³-hybridized carbons (Fsp3) is 0.700. The number of rotatable bonds is 1. The summed E-state index contributed by atoms with van der Waals surface area (Å²) in [5.41, 5.74) is 2.33. The predicted octanol–water partition coefficient (Wildman–Crippen LogP) is 2.02. The van der Waals surface area contributed by atoms with Crippen LogP contribution in [-0.4, -0.2) is 16.4 Å². The molecule has 0 saturated carbocycles. The quantitative estimate of drug-likeness (QED) is 0.619. The Bertz CT molecular complexity index is 318. The second kappa shape index (κ2) is 2.58. The van der Waals surface area contributed by atoms with E-state index in [1.54, 1.807) is 0 Å². The van der Waals surface area contributed by atoms with Crippen LogP contribution in [0.1, 0.15) is 38.3 Å². The van der Waals surface area contributed by atoms with Crippen LogP contribution in [0, 0.1) is 6.92 Å². The topological polar surface area (TPSA) is 30.4 Å². The van der Waals surface area contributed by atoms with E-state index in [0.29, 0.717) is 6.10 Å². The van der Waals surface area contributed by atoms with Gasteiger partial charge >= 0.3 is 0 Å². The van der Waals surface area contributed by atoms with Crippen LogP contribution >= 0.6 is 0 Å². The summed E-state index contributed by atoms with van der Waals surface area (Å²) in [6.45, 7) is 9.34. The van der Waals surface area contributed by atoms with Gasteiger partial charge in [0.1, 0.15) is 6.10 Å². The molecule has 0 spiro atoms. The lowest BCUT2D eigenvalue weighted by molar-refractivity contribution is 0.320. The Hall–Kier alpha value is -0.830. The van der Waals surface area contributed by atoms with E-state index in [1.807, 2.05) is 6.92 Å². The third-order valence-electron chi connectivity index (χ3n) is 2.16. The molecule has 0 aliphatic carbocycles. The summed E-state index contributed by atoms with van der Waals surface area (Å²) in [6, 6.07) is 2.11. The average molecular weight is 180 g/mol. The molecule has 72 valence electrons. The zero-order chi connectivity index (χ0) is 9.64. The molecule has 1 aliphatic heterocycles. The summed E-state index contributed by atoms with van der Waals surface area (Å²) in [7, 11) is 0. The number of nitrogens with zero attached hydrogens (tertiary/aromatic N) is 2. The van der Waals surface area contributed by atoms with Crippen molar-refractivity contribution in [2.45, 2.75) is 39.3 Å². The minimum Gasteiger partial charge on any atom is -0.366 e. The average Bonchev–Trinajstić information content (AvgIpc) is 2.73. The van der Waals surface area contributed by atoms with Gasteiger partial charge in [-0.2, -0.15) is 5.10 Å². The van der Waals surface area contributed by atoms with E-state index in [0.717, 1.165) is 12.3 Å². The summed E-state index contributed by atoms with van der Waals surface area (Å²) >= 11 is 0. The van der Waals surface area contributed by atoms with Crippen molar-refractivity contribution in [1.29, 1.82) is 0 Å². The molecular formula is C10H16N2O. The predicted molar refractivity (Wildman–Crippen MR) is 50.7 cm³/mol. The number of hydrogen-bond donors (Lipinski definition) is 0. The molecule has 1 aromatic heterocycles. The van der Waals surface area contributed by atoms with Crippen LogP contribution in [0.3, 0.4) is 0 Å². The fourth-order valence-corrected chi connectivity index (χ4v) is 1.51. The van der Waals surface area contributed by atoms with E-state index in [4.69, 9.17) is 4.74 Å². The van der Waals surface area contributed by atoms with E-state index in [1.165, 1.54) is 5.69 Å². The zero-order valence-corrected chi connectivity index (χ0v) is 8.66. The SMILES string of the molecule is Cc1cc([C@@H]2CO2)n(C(C)(C)C)n1. The van der Waals surface area contributed by atoms with Crippen LogP contribution in [0.25, 0.3) is 0 Å². The molecule has 1 aromatic rings. The third-order valence-corrected chi connectivity index (χ3v) is 2.16. The van der Waals surface area contributed by atoms with Crippen LogP contribution < -0.4 is 0 Å². The molecule has 0 aromatic carbocycles. The second-order valence-electron chi connectivity index (χ2n) is 4.62. The maximum Gasteiger partial charge on any atom is 0.123 e. The minimum absolute atomic E-state index is 0.0511. The highest BCUT2D eigenvalue weighted by atomic mass is 16.6. The van der Waals surface area contributed by atoms with Crippen LogP contribution in [-0.2, 0) is 10.3 Å². The number of aryl methyl sites for hydroxylation is 1. The van der Waals surface area contributed by atoms with Gasteiger partial charge in [0, 0.05) is 0 Å². The van der Waals surface area contributed by atoms with Gasteiger partial charge in [0.25, 0.3) is 0 Å². The first-order valence-corrected chi connectivity index (χ1v) is 4.67. The van der Waals surface area contributed by atoms with Gasteiger partial charge in [-0.1, -0.05) is 0 Å². The van der Waals surface area contributed by atoms with Crippen molar-refractivity contribution in [2.24, 2.45) is 0 Å². The van der Waals surface area contributed by atoms with Crippen molar-refractivity contribution in [1.82, 2.24) is 9.78 Å². The maximum absolute atomic E-state index is 5.28. The van der Waals surface area contributed by atoms with Gasteiger partial charge in [0.2, 0.25) is 0 Å². The summed E-state index contributed by atoms with van der Waals surface area (Å²) in [6.07, 6.45) is 0.292. The van der Waals surface area contributed by atoms with Crippen LogP contribution in [0.5, 0.6) is 0 Å². The van der Waals surface area contributed by atoms with Gasteiger partial charge in [-0.25, -0.2) is 0 Å². The Kier molecular flexibility index (Phi) is 1.74. The molecule has 0 radical (unpaired) electrons. The lowest BCUT2D eigenvalue weighted by Crippen LogP contribution is -2.25. The lowest BCUT2D eigenvalue weighted by Gasteiger charge is -2.21. The van der Waals surface area contributed by atoms with Gasteiger partial charge in [-0.15, -0.1) is 0 Å². The van der Waals surface area contributed by atoms with Gasteiger partial charge < -0.3 is 4.74 Å². The molecule has 0 amide bonds. The molecule has 2 heterocycles. The monoisotopic (exact) mass is 180 g/mol. The summed E-state index contributed by atoms with van der Waals surface area (Å²) in [5, 5.41) is 4.48. The van der Waals surface area contributed by atoms with Crippen molar-refractivity contribution >= 4 is 0 Å². The Labute approximate surface area is 78.7 Å². The van der Waals surface area contributed by atoms with Gasteiger partial charge in [-0.3, -0.25) is 4.68 Å². The minimum atomic E-state index is 0.0511. The van der Waals surface area contributed by atoms with E-state index in [9.17, 15) is 0 Å². The van der Waals surface area contributed by atoms with E-state index in [-0.39, 0.29) is 5.54 Å². The number of epoxide rings is 1. The van der Waals surface area contributed by atoms with E-state index >= 15 is 0 Å². The number of ether oxygens (including phenoxy) is 1. The Morgan fingerprint density at radius 2 is 2.15 bits per heavy atom. The second-order valence-corrected chi connectivity index (χ2v) is 4.62. The van der Waals surface area contributed by atoms with Crippen LogP contribution in [0.2, 0.25) is 0 Å². The molecule has 1 saturated heterocycles. The van der Waals surface area contributed by atoms with Gasteiger partial charge in [0.15, 0.2) is 0 Å². The van der Waals surface area contributed by atoms with E-state index in [2.05, 4.69) is 36.6 Å². The Balaban J connectivity index is 2.42. The molecule has 3 heteroatoms. The summed E-state index contributed by atoms with van der Waals surface area (Å²) < 4.78 is 7.35. The van der Waals surface area contributed by atoms with Crippen molar-refractivity contribution in [2.75, 3.05) is 6.61 Å².